The summed E-state index contributed by atoms with van der Waals surface area (Å²) < 4.78 is 0. The average molecular weight is 305 g/mol. The van der Waals surface area contributed by atoms with Gasteiger partial charge in [0.25, 0.3) is 5.56 Å². The molecule has 0 amide bonds. The van der Waals surface area contributed by atoms with Gasteiger partial charge in [0.2, 0.25) is 0 Å². The van der Waals surface area contributed by atoms with Gasteiger partial charge in [-0.15, -0.1) is 0 Å². The van der Waals surface area contributed by atoms with Crippen LogP contribution in [0.4, 0.5) is 0 Å². The number of nitrogens with one attached hydrogen (secondary N) is 1. The highest BCUT2D eigenvalue weighted by Crippen LogP contribution is 2.12. The van der Waals surface area contributed by atoms with Crippen LogP contribution < -0.4 is 18.0 Å². The molecule has 0 fully saturated rings. The number of hydrogen-bond acceptors (Lipinski definition) is 4. The highest BCUT2D eigenvalue weighted by Gasteiger charge is 2.07. The van der Waals surface area contributed by atoms with E-state index in [4.69, 9.17) is 0 Å². The smallest absolute Gasteiger partial charge is 0.254 e. The first-order chi connectivity index (χ1) is 8.62. The lowest BCUT2D eigenvalue weighted by Gasteiger charge is -2.17. The lowest BCUT2D eigenvalue weighted by Crippen LogP contribution is -3.00. The molecule has 1 aromatic heterocycles. The lowest BCUT2D eigenvalue weighted by molar-refractivity contribution is -0.00000419. The van der Waals surface area contributed by atoms with Crippen LogP contribution in [0.1, 0.15) is 32.0 Å². The van der Waals surface area contributed by atoms with Gasteiger partial charge in [-0.1, -0.05) is 32.5 Å². The summed E-state index contributed by atoms with van der Waals surface area (Å²) in [7, 11) is 0. The topological polar surface area (TPSA) is 49.0 Å². The van der Waals surface area contributed by atoms with Crippen molar-refractivity contribution in [3.63, 3.8) is 0 Å². The Morgan fingerprint density at radius 1 is 1.26 bits per heavy atom. The summed E-state index contributed by atoms with van der Waals surface area (Å²) in [5.74, 6) is 0.954. The molecule has 1 heterocycles. The normalized spacial score (nSPS) is 10.6. The number of halogens is 1. The molecule has 0 aliphatic carbocycles. The van der Waals surface area contributed by atoms with Crippen LogP contribution in [-0.4, -0.2) is 40.3 Å². The van der Waals surface area contributed by atoms with Crippen LogP contribution in [0, 0.1) is 6.92 Å². The molecule has 0 spiro atoms. The second-order valence-electron chi connectivity index (χ2n) is 4.16. The van der Waals surface area contributed by atoms with Gasteiger partial charge in [-0.25, -0.2) is 4.98 Å². The molecular formula is C13H23ClN3OS-. The molecule has 0 saturated carbocycles. The third-order valence-corrected chi connectivity index (χ3v) is 3.95. The Labute approximate surface area is 125 Å². The van der Waals surface area contributed by atoms with E-state index in [2.05, 4.69) is 28.7 Å². The zero-order chi connectivity index (χ0) is 13.5. The van der Waals surface area contributed by atoms with Crippen LogP contribution >= 0.6 is 11.8 Å². The van der Waals surface area contributed by atoms with Crippen molar-refractivity contribution in [2.45, 2.75) is 39.3 Å². The van der Waals surface area contributed by atoms with Crippen LogP contribution in [-0.2, 0) is 6.42 Å². The Hall–Kier alpha value is -0.520. The Bertz CT molecular complexity index is 432. The third-order valence-electron chi connectivity index (χ3n) is 3.09. The fraction of sp³-hybridized carbons (Fsp3) is 0.692. The van der Waals surface area contributed by atoms with Crippen molar-refractivity contribution in [1.29, 1.82) is 0 Å². The lowest BCUT2D eigenvalue weighted by atomic mass is 10.2. The van der Waals surface area contributed by atoms with Crippen LogP contribution in [0.3, 0.4) is 0 Å². The van der Waals surface area contributed by atoms with Crippen LogP contribution in [0.5, 0.6) is 0 Å². The van der Waals surface area contributed by atoms with Crippen molar-refractivity contribution < 1.29 is 12.4 Å². The molecule has 1 rings (SSSR count). The molecule has 0 unspecified atom stereocenters. The molecule has 0 aliphatic rings. The summed E-state index contributed by atoms with van der Waals surface area (Å²) in [6, 6.07) is 0. The van der Waals surface area contributed by atoms with E-state index in [0.717, 1.165) is 48.2 Å². The quantitative estimate of drug-likeness (QED) is 0.523. The first-order valence-corrected chi connectivity index (χ1v) is 7.55. The Morgan fingerprint density at radius 3 is 2.37 bits per heavy atom. The van der Waals surface area contributed by atoms with E-state index in [1.54, 1.807) is 11.8 Å². The largest absolute Gasteiger partial charge is 1.00 e. The third kappa shape index (κ3) is 5.55. The Kier molecular flexibility index (Phi) is 9.14. The van der Waals surface area contributed by atoms with Gasteiger partial charge < -0.3 is 22.3 Å². The number of rotatable bonds is 7. The zero-order valence-electron chi connectivity index (χ0n) is 12.1. The highest BCUT2D eigenvalue weighted by molar-refractivity contribution is 7.99. The average Bonchev–Trinajstić information content (AvgIpc) is 2.34. The number of aromatic amines is 1. The molecule has 6 heteroatoms. The maximum Gasteiger partial charge on any atom is 0.254 e. The van der Waals surface area contributed by atoms with Crippen LogP contribution in [0.25, 0.3) is 0 Å². The monoisotopic (exact) mass is 304 g/mol. The molecule has 19 heavy (non-hydrogen) atoms. The molecule has 1 N–H and O–H groups in total. The SMILES string of the molecule is CCc1c(C)nc(SCCN(CC)CC)[nH]c1=O.[Cl-]. The first kappa shape index (κ1) is 18.5. The van der Waals surface area contributed by atoms with Crippen LogP contribution in [0.15, 0.2) is 9.95 Å². The molecule has 4 nitrogen and oxygen atoms in total. The van der Waals surface area contributed by atoms with E-state index in [1.807, 2.05) is 13.8 Å². The number of H-pyrrole nitrogens is 1. The van der Waals surface area contributed by atoms with Gasteiger partial charge in [-0.3, -0.25) is 4.79 Å². The van der Waals surface area contributed by atoms with Crippen molar-refractivity contribution in [3.8, 4) is 0 Å². The number of nitrogens with zero attached hydrogens (tertiary/aromatic N) is 2. The van der Waals surface area contributed by atoms with E-state index in [9.17, 15) is 4.79 Å². The van der Waals surface area contributed by atoms with Gasteiger partial charge in [0.1, 0.15) is 0 Å². The Balaban J connectivity index is 0.00000324. The second kappa shape index (κ2) is 9.39. The van der Waals surface area contributed by atoms with Crippen LogP contribution in [0.2, 0.25) is 0 Å². The van der Waals surface area contributed by atoms with Crippen molar-refractivity contribution in [3.05, 3.63) is 21.6 Å². The number of aromatic nitrogens is 2. The summed E-state index contributed by atoms with van der Waals surface area (Å²) >= 11 is 1.62. The van der Waals surface area contributed by atoms with Gasteiger partial charge in [-0.05, 0) is 26.4 Å². The summed E-state index contributed by atoms with van der Waals surface area (Å²) in [4.78, 5) is 21.4. The molecule has 0 aliphatic heterocycles. The molecule has 0 radical (unpaired) electrons. The number of aryl methyl sites for hydroxylation is 1. The van der Waals surface area contributed by atoms with Crippen molar-refractivity contribution in [1.82, 2.24) is 14.9 Å². The molecular weight excluding hydrogens is 282 g/mol. The number of thioether (sulfide) groups is 1. The van der Waals surface area contributed by atoms with Crippen molar-refractivity contribution in [2.24, 2.45) is 0 Å². The van der Waals surface area contributed by atoms with Gasteiger partial charge in [-0.2, -0.15) is 0 Å². The summed E-state index contributed by atoms with van der Waals surface area (Å²) in [5, 5.41) is 0.738. The van der Waals surface area contributed by atoms with E-state index in [-0.39, 0.29) is 18.0 Å². The van der Waals surface area contributed by atoms with E-state index in [1.165, 1.54) is 0 Å². The fourth-order valence-corrected chi connectivity index (χ4v) is 2.79. The first-order valence-electron chi connectivity index (χ1n) is 6.57. The maximum absolute atomic E-state index is 11.8. The van der Waals surface area contributed by atoms with E-state index < -0.39 is 0 Å². The molecule has 0 saturated heterocycles. The fourth-order valence-electron chi connectivity index (χ4n) is 1.88. The van der Waals surface area contributed by atoms with E-state index in [0.29, 0.717) is 0 Å². The maximum atomic E-state index is 11.8. The Morgan fingerprint density at radius 2 is 1.89 bits per heavy atom. The van der Waals surface area contributed by atoms with E-state index >= 15 is 0 Å². The zero-order valence-corrected chi connectivity index (χ0v) is 13.7. The summed E-state index contributed by atoms with van der Waals surface area (Å²) in [6.07, 6.45) is 0.735. The molecule has 0 aromatic carbocycles. The predicted molar refractivity (Wildman–Crippen MR) is 77.5 cm³/mol. The summed E-state index contributed by atoms with van der Waals surface area (Å²) in [5.41, 5.74) is 1.66. The minimum Gasteiger partial charge on any atom is -1.00 e. The minimum atomic E-state index is 0. The second-order valence-corrected chi connectivity index (χ2v) is 5.25. The molecule has 0 bridgehead atoms. The van der Waals surface area contributed by atoms with Crippen molar-refractivity contribution in [2.75, 3.05) is 25.4 Å². The summed E-state index contributed by atoms with van der Waals surface area (Å²) in [6.45, 7) is 11.4. The van der Waals surface area contributed by atoms with Crippen molar-refractivity contribution >= 4 is 11.8 Å². The number of hydrogen-bond donors (Lipinski definition) is 1. The molecule has 110 valence electrons. The predicted octanol–water partition coefficient (Wildman–Crippen LogP) is -0.921. The van der Waals surface area contributed by atoms with Gasteiger partial charge in [0, 0.05) is 23.6 Å². The van der Waals surface area contributed by atoms with Gasteiger partial charge in [0.05, 0.1) is 0 Å². The molecule has 0 atom stereocenters. The standard InChI is InChI=1S/C13H23N3OS.ClH/c1-5-11-10(4)14-13(15-12(11)17)18-9-8-16(6-2)7-3;/h5-9H2,1-4H3,(H,14,15,17);1H/p-1. The van der Waals surface area contributed by atoms with Gasteiger partial charge in [0.15, 0.2) is 5.16 Å². The van der Waals surface area contributed by atoms with Gasteiger partial charge >= 0.3 is 0 Å². The highest BCUT2D eigenvalue weighted by atomic mass is 35.5. The molecule has 1 aromatic rings. The minimum absolute atomic E-state index is 0.